The molecule has 2 aromatic heterocycles. The summed E-state index contributed by atoms with van der Waals surface area (Å²) in [5.74, 6) is -2.54. The fourth-order valence-corrected chi connectivity index (χ4v) is 8.41. The minimum atomic E-state index is -0.953. The summed E-state index contributed by atoms with van der Waals surface area (Å²) in [5.41, 5.74) is 0.982. The molecule has 6 atom stereocenters. The lowest BCUT2D eigenvalue weighted by Crippen LogP contribution is -2.56. The molecule has 0 unspecified atom stereocenters. The molecule has 3 heterocycles. The van der Waals surface area contributed by atoms with E-state index in [0.29, 0.717) is 23.8 Å². The highest BCUT2D eigenvalue weighted by molar-refractivity contribution is 7.10. The standard InChI is InChI=1S/C36H54N6O7S2/c1-20(2)29(42(7)35(46)26(15-24-11-12-24)39-33(45)28-10-8-9-13-41(28)6)17-30(49-23(5)43)34-40-27(19-51-34)32(44)38-25(14-21(3)36(47)48)16-31-37-22(4)18-50-31/h18-21,24-26,28-30H,8-17H2,1-7H3,(H,38,44)(H,39,45)(H,47,48)/t21-,25+,26-,28+,29+,30+/m0/s1. The highest BCUT2D eigenvalue weighted by Crippen LogP contribution is 2.35. The number of nitrogens with one attached hydrogen (secondary N) is 2. The van der Waals surface area contributed by atoms with E-state index in [1.165, 1.54) is 29.6 Å². The number of hydrogen-bond acceptors (Lipinski definition) is 11. The van der Waals surface area contributed by atoms with Crippen molar-refractivity contribution < 1.29 is 33.8 Å². The molecule has 2 aromatic rings. The second kappa shape index (κ2) is 18.4. The highest BCUT2D eigenvalue weighted by atomic mass is 32.1. The minimum absolute atomic E-state index is 0.0343. The zero-order valence-corrected chi connectivity index (χ0v) is 32.5. The summed E-state index contributed by atoms with van der Waals surface area (Å²) in [4.78, 5) is 77.7. The Hall–Kier alpha value is -3.43. The van der Waals surface area contributed by atoms with Crippen LogP contribution in [0, 0.1) is 24.7 Å². The van der Waals surface area contributed by atoms with Crippen molar-refractivity contribution in [1.29, 1.82) is 0 Å². The molecule has 4 rings (SSSR count). The van der Waals surface area contributed by atoms with E-state index in [1.807, 2.05) is 33.2 Å². The van der Waals surface area contributed by atoms with Crippen molar-refractivity contribution in [2.24, 2.45) is 17.8 Å². The molecule has 1 saturated heterocycles. The lowest BCUT2D eigenvalue weighted by Gasteiger charge is -2.37. The van der Waals surface area contributed by atoms with Gasteiger partial charge in [-0.2, -0.15) is 0 Å². The van der Waals surface area contributed by atoms with Crippen molar-refractivity contribution in [3.05, 3.63) is 32.2 Å². The molecule has 1 aliphatic carbocycles. The van der Waals surface area contributed by atoms with Gasteiger partial charge in [0, 0.05) is 55.4 Å². The number of carbonyl (C=O) groups is 5. The molecule has 3 N–H and O–H groups in total. The second-order valence-electron chi connectivity index (χ2n) is 14.6. The van der Waals surface area contributed by atoms with Crippen molar-refractivity contribution >= 4 is 52.3 Å². The summed E-state index contributed by atoms with van der Waals surface area (Å²) in [6.45, 7) is 9.63. The number of aliphatic carboxylic acids is 1. The first-order chi connectivity index (χ1) is 24.1. The van der Waals surface area contributed by atoms with Crippen LogP contribution in [0.25, 0.3) is 0 Å². The number of piperidine rings is 1. The number of carboxylic acid groups (broad SMARTS) is 1. The Bertz CT molecular complexity index is 1520. The average molecular weight is 747 g/mol. The Labute approximate surface area is 308 Å². The summed E-state index contributed by atoms with van der Waals surface area (Å²) < 4.78 is 5.76. The van der Waals surface area contributed by atoms with E-state index in [4.69, 9.17) is 4.74 Å². The zero-order valence-electron chi connectivity index (χ0n) is 30.8. The van der Waals surface area contributed by atoms with Crippen LogP contribution < -0.4 is 10.6 Å². The number of ether oxygens (including phenoxy) is 1. The van der Waals surface area contributed by atoms with Crippen LogP contribution in [-0.4, -0.2) is 99.3 Å². The van der Waals surface area contributed by atoms with Gasteiger partial charge < -0.3 is 25.4 Å². The molecule has 0 aromatic carbocycles. The fourth-order valence-electron chi connectivity index (χ4n) is 6.72. The maximum absolute atomic E-state index is 14.1. The third-order valence-electron chi connectivity index (χ3n) is 9.84. The number of likely N-dealkylation sites (tertiary alicyclic amines) is 1. The van der Waals surface area contributed by atoms with Gasteiger partial charge in [-0.15, -0.1) is 22.7 Å². The summed E-state index contributed by atoms with van der Waals surface area (Å²) in [7, 11) is 3.69. The maximum atomic E-state index is 14.1. The number of esters is 1. The van der Waals surface area contributed by atoms with Gasteiger partial charge in [0.1, 0.15) is 16.7 Å². The van der Waals surface area contributed by atoms with Gasteiger partial charge in [0.2, 0.25) is 11.8 Å². The summed E-state index contributed by atoms with van der Waals surface area (Å²) in [5, 5.41) is 20.3. The summed E-state index contributed by atoms with van der Waals surface area (Å²) in [6, 6.07) is -1.77. The molecule has 2 aliphatic rings. The molecule has 2 fully saturated rings. The van der Waals surface area contributed by atoms with Crippen LogP contribution in [0.3, 0.4) is 0 Å². The van der Waals surface area contributed by atoms with Gasteiger partial charge in [-0.25, -0.2) is 9.97 Å². The lowest BCUT2D eigenvalue weighted by atomic mass is 9.95. The monoisotopic (exact) mass is 746 g/mol. The number of carboxylic acids is 1. The first-order valence-electron chi connectivity index (χ1n) is 18.0. The number of amides is 3. The van der Waals surface area contributed by atoms with Gasteiger partial charge in [-0.3, -0.25) is 28.9 Å². The van der Waals surface area contributed by atoms with Crippen molar-refractivity contribution in [3.8, 4) is 0 Å². The van der Waals surface area contributed by atoms with E-state index >= 15 is 0 Å². The van der Waals surface area contributed by atoms with Crippen molar-refractivity contribution in [3.63, 3.8) is 0 Å². The molecule has 0 bridgehead atoms. The number of hydrogen-bond donors (Lipinski definition) is 3. The van der Waals surface area contributed by atoms with Crippen LogP contribution in [0.1, 0.15) is 111 Å². The predicted molar refractivity (Wildman–Crippen MR) is 195 cm³/mol. The molecule has 282 valence electrons. The molecule has 13 nitrogen and oxygen atoms in total. The second-order valence-corrected chi connectivity index (χ2v) is 16.5. The van der Waals surface area contributed by atoms with E-state index in [2.05, 4.69) is 25.5 Å². The predicted octanol–water partition coefficient (Wildman–Crippen LogP) is 4.61. The molecule has 51 heavy (non-hydrogen) atoms. The first-order valence-corrected chi connectivity index (χ1v) is 19.7. The molecular weight excluding hydrogens is 693 g/mol. The third-order valence-corrected chi connectivity index (χ3v) is 11.8. The van der Waals surface area contributed by atoms with Gasteiger partial charge in [0.15, 0.2) is 6.10 Å². The number of likely N-dealkylation sites (N-methyl/N-ethyl adjacent to an activating group) is 2. The molecule has 1 aliphatic heterocycles. The Morgan fingerprint density at radius 2 is 1.76 bits per heavy atom. The van der Waals surface area contributed by atoms with Crippen molar-refractivity contribution in [2.75, 3.05) is 20.6 Å². The summed E-state index contributed by atoms with van der Waals surface area (Å²) in [6.07, 6.45) is 5.47. The first kappa shape index (κ1) is 40.3. The zero-order chi connectivity index (χ0) is 37.4. The van der Waals surface area contributed by atoms with E-state index in [0.717, 1.165) is 49.4 Å². The molecule has 1 saturated carbocycles. The minimum Gasteiger partial charge on any atom is -0.481 e. The molecule has 0 spiro atoms. The Morgan fingerprint density at radius 3 is 2.35 bits per heavy atom. The van der Waals surface area contributed by atoms with Crippen LogP contribution in [0.5, 0.6) is 0 Å². The lowest BCUT2D eigenvalue weighted by molar-refractivity contribution is -0.149. The molecule has 15 heteroatoms. The van der Waals surface area contributed by atoms with E-state index in [1.54, 1.807) is 24.3 Å². The van der Waals surface area contributed by atoms with Crippen molar-refractivity contribution in [2.45, 2.75) is 123 Å². The van der Waals surface area contributed by atoms with Gasteiger partial charge in [-0.05, 0) is 58.0 Å². The van der Waals surface area contributed by atoms with E-state index < -0.39 is 42.0 Å². The van der Waals surface area contributed by atoms with E-state index in [9.17, 15) is 29.1 Å². The fraction of sp³-hybridized carbons (Fsp3) is 0.694. The van der Waals surface area contributed by atoms with Gasteiger partial charge in [0.05, 0.1) is 17.0 Å². The third kappa shape index (κ3) is 11.8. The number of aromatic nitrogens is 2. The SMILES string of the molecule is CC(=O)O[C@H](C[C@H](C(C)C)N(C)C(=O)[C@H](CC1CC1)NC(=O)[C@H]1CCCCN1C)c1nc(C(=O)N[C@@H](Cc2nc(C)cs2)C[C@H](C)C(=O)O)cs1. The van der Waals surface area contributed by atoms with Crippen LogP contribution >= 0.6 is 22.7 Å². The average Bonchev–Trinajstić information content (AvgIpc) is 3.57. The maximum Gasteiger partial charge on any atom is 0.306 e. The number of thiazole rings is 2. The number of nitrogens with zero attached hydrogens (tertiary/aromatic N) is 4. The number of rotatable bonds is 18. The molecule has 3 amide bonds. The van der Waals surface area contributed by atoms with Crippen LogP contribution in [0.15, 0.2) is 10.8 Å². The van der Waals surface area contributed by atoms with Gasteiger partial charge >= 0.3 is 11.9 Å². The molecule has 0 radical (unpaired) electrons. The Kier molecular flexibility index (Phi) is 14.5. The Balaban J connectivity index is 1.49. The van der Waals surface area contributed by atoms with Crippen molar-refractivity contribution in [1.82, 2.24) is 30.4 Å². The Morgan fingerprint density at radius 1 is 1.04 bits per heavy atom. The molecular formula is C36H54N6O7S2. The smallest absolute Gasteiger partial charge is 0.306 e. The van der Waals surface area contributed by atoms with Crippen LogP contribution in [-0.2, 0) is 30.3 Å². The number of carbonyl (C=O) groups excluding carboxylic acids is 4. The highest BCUT2D eigenvalue weighted by Gasteiger charge is 2.38. The van der Waals surface area contributed by atoms with Gasteiger partial charge in [0.25, 0.3) is 5.91 Å². The summed E-state index contributed by atoms with van der Waals surface area (Å²) >= 11 is 2.64. The van der Waals surface area contributed by atoms with E-state index in [-0.39, 0.29) is 48.4 Å². The topological polar surface area (TPSA) is 171 Å². The van der Waals surface area contributed by atoms with Gasteiger partial charge in [-0.1, -0.05) is 40.0 Å². The van der Waals surface area contributed by atoms with Crippen LogP contribution in [0.2, 0.25) is 0 Å². The largest absolute Gasteiger partial charge is 0.481 e. The number of aryl methyl sites for hydroxylation is 1. The normalized spacial score (nSPS) is 19.4. The van der Waals surface area contributed by atoms with Crippen LogP contribution in [0.4, 0.5) is 0 Å². The quantitative estimate of drug-likeness (QED) is 0.183.